The minimum Gasteiger partial charge on any atom is -0.193 e. The predicted molar refractivity (Wildman–Crippen MR) is 61.8 cm³/mol. The number of hydrogen-bond acceptors (Lipinski definition) is 1. The molecule has 0 N–H and O–H groups in total. The van der Waals surface area contributed by atoms with Crippen molar-refractivity contribution in [2.75, 3.05) is 0 Å². The standard InChI is InChI=1S/C13H23N/c1-11(2)6-5-7-12(3)8-9-13(4)10-14/h9,11-12H,5-8H2,1-4H3. The van der Waals surface area contributed by atoms with Gasteiger partial charge >= 0.3 is 0 Å². The molecule has 0 heterocycles. The summed E-state index contributed by atoms with van der Waals surface area (Å²) < 4.78 is 0. The van der Waals surface area contributed by atoms with Crippen LogP contribution in [-0.4, -0.2) is 0 Å². The van der Waals surface area contributed by atoms with Gasteiger partial charge in [0.2, 0.25) is 0 Å². The molecule has 0 saturated heterocycles. The molecule has 0 rings (SSSR count). The first-order valence-corrected chi connectivity index (χ1v) is 5.63. The number of nitriles is 1. The van der Waals surface area contributed by atoms with E-state index in [-0.39, 0.29) is 0 Å². The highest BCUT2D eigenvalue weighted by atomic mass is 14.2. The average molecular weight is 193 g/mol. The van der Waals surface area contributed by atoms with E-state index in [0.717, 1.165) is 23.8 Å². The fourth-order valence-corrected chi connectivity index (χ4v) is 1.42. The summed E-state index contributed by atoms with van der Waals surface area (Å²) in [7, 11) is 0. The van der Waals surface area contributed by atoms with E-state index < -0.39 is 0 Å². The lowest BCUT2D eigenvalue weighted by molar-refractivity contribution is 0.460. The fraction of sp³-hybridized carbons (Fsp3) is 0.769. The molecule has 0 fully saturated rings. The number of nitrogens with zero attached hydrogens (tertiary/aromatic N) is 1. The van der Waals surface area contributed by atoms with Gasteiger partial charge in [0.05, 0.1) is 6.07 Å². The second-order valence-electron chi connectivity index (χ2n) is 4.66. The van der Waals surface area contributed by atoms with Crippen LogP contribution in [0.4, 0.5) is 0 Å². The van der Waals surface area contributed by atoms with Crippen LogP contribution < -0.4 is 0 Å². The lowest BCUT2D eigenvalue weighted by Crippen LogP contribution is -1.95. The van der Waals surface area contributed by atoms with Crippen LogP contribution in [0.3, 0.4) is 0 Å². The maximum absolute atomic E-state index is 8.58. The van der Waals surface area contributed by atoms with Gasteiger partial charge in [0.25, 0.3) is 0 Å². The van der Waals surface area contributed by atoms with Gasteiger partial charge in [-0.25, -0.2) is 0 Å². The molecule has 0 aromatic carbocycles. The minimum atomic E-state index is 0.719. The lowest BCUT2D eigenvalue weighted by atomic mass is 9.96. The highest BCUT2D eigenvalue weighted by Crippen LogP contribution is 2.16. The SMILES string of the molecule is CC(C#N)=CCC(C)CCCC(C)C. The highest BCUT2D eigenvalue weighted by Gasteiger charge is 2.01. The first-order chi connectivity index (χ1) is 6.56. The summed E-state index contributed by atoms with van der Waals surface area (Å²) in [6.45, 7) is 8.68. The van der Waals surface area contributed by atoms with E-state index in [2.05, 4.69) is 32.9 Å². The van der Waals surface area contributed by atoms with Gasteiger partial charge in [-0.05, 0) is 25.2 Å². The van der Waals surface area contributed by atoms with E-state index in [4.69, 9.17) is 5.26 Å². The van der Waals surface area contributed by atoms with Crippen molar-refractivity contribution in [2.45, 2.75) is 53.4 Å². The summed E-state index contributed by atoms with van der Waals surface area (Å²) in [4.78, 5) is 0. The third-order valence-corrected chi connectivity index (χ3v) is 2.48. The average Bonchev–Trinajstić information content (AvgIpc) is 2.13. The third-order valence-electron chi connectivity index (χ3n) is 2.48. The Morgan fingerprint density at radius 2 is 1.93 bits per heavy atom. The van der Waals surface area contributed by atoms with Crippen molar-refractivity contribution in [3.8, 4) is 6.07 Å². The summed E-state index contributed by atoms with van der Waals surface area (Å²) in [5, 5.41) is 8.58. The maximum atomic E-state index is 8.58. The molecule has 0 aromatic heterocycles. The van der Waals surface area contributed by atoms with E-state index in [1.165, 1.54) is 19.3 Å². The van der Waals surface area contributed by atoms with E-state index in [0.29, 0.717) is 0 Å². The van der Waals surface area contributed by atoms with E-state index in [9.17, 15) is 0 Å². The normalized spacial score (nSPS) is 14.1. The van der Waals surface area contributed by atoms with Crippen molar-refractivity contribution in [3.63, 3.8) is 0 Å². The molecule has 0 aliphatic rings. The molecule has 0 radical (unpaired) electrons. The van der Waals surface area contributed by atoms with Gasteiger partial charge in [-0.2, -0.15) is 5.26 Å². The first-order valence-electron chi connectivity index (χ1n) is 5.63. The zero-order valence-electron chi connectivity index (χ0n) is 10.0. The molecular formula is C13H23N. The van der Waals surface area contributed by atoms with Gasteiger partial charge in [0, 0.05) is 5.57 Å². The van der Waals surface area contributed by atoms with Crippen molar-refractivity contribution in [1.29, 1.82) is 5.26 Å². The second kappa shape index (κ2) is 7.62. The van der Waals surface area contributed by atoms with Crippen LogP contribution in [0.1, 0.15) is 53.4 Å². The van der Waals surface area contributed by atoms with Crippen molar-refractivity contribution < 1.29 is 0 Å². The quantitative estimate of drug-likeness (QED) is 0.577. The molecule has 0 aromatic rings. The van der Waals surface area contributed by atoms with Crippen LogP contribution in [-0.2, 0) is 0 Å². The van der Waals surface area contributed by atoms with Gasteiger partial charge in [-0.15, -0.1) is 0 Å². The molecule has 0 aliphatic carbocycles. The fourth-order valence-electron chi connectivity index (χ4n) is 1.42. The van der Waals surface area contributed by atoms with Crippen LogP contribution in [0.2, 0.25) is 0 Å². The van der Waals surface area contributed by atoms with Gasteiger partial charge < -0.3 is 0 Å². The Labute approximate surface area is 88.8 Å². The van der Waals surface area contributed by atoms with Crippen LogP contribution in [0.5, 0.6) is 0 Å². The summed E-state index contributed by atoms with van der Waals surface area (Å²) >= 11 is 0. The van der Waals surface area contributed by atoms with Crippen molar-refractivity contribution in [1.82, 2.24) is 0 Å². The van der Waals surface area contributed by atoms with Gasteiger partial charge in [-0.1, -0.05) is 46.1 Å². The summed E-state index contributed by atoms with van der Waals surface area (Å²) in [5.74, 6) is 1.54. The molecule has 0 saturated carbocycles. The van der Waals surface area contributed by atoms with Crippen molar-refractivity contribution in [3.05, 3.63) is 11.6 Å². The zero-order valence-corrected chi connectivity index (χ0v) is 10.0. The molecule has 1 nitrogen and oxygen atoms in total. The molecule has 1 unspecified atom stereocenters. The van der Waals surface area contributed by atoms with Crippen molar-refractivity contribution in [2.24, 2.45) is 11.8 Å². The molecule has 0 spiro atoms. The Hall–Kier alpha value is -0.770. The molecule has 80 valence electrons. The molecule has 0 aliphatic heterocycles. The van der Waals surface area contributed by atoms with Crippen molar-refractivity contribution >= 4 is 0 Å². The van der Waals surface area contributed by atoms with E-state index in [1.807, 2.05) is 6.92 Å². The third kappa shape index (κ3) is 7.86. The minimum absolute atomic E-state index is 0.719. The molecule has 0 bridgehead atoms. The van der Waals surface area contributed by atoms with Gasteiger partial charge in [0.1, 0.15) is 0 Å². The van der Waals surface area contributed by atoms with E-state index >= 15 is 0 Å². The van der Waals surface area contributed by atoms with Gasteiger partial charge in [-0.3, -0.25) is 0 Å². The van der Waals surface area contributed by atoms with E-state index in [1.54, 1.807) is 0 Å². The maximum Gasteiger partial charge on any atom is 0.0940 e. The Kier molecular flexibility index (Phi) is 7.20. The predicted octanol–water partition coefficient (Wildman–Crippen LogP) is 4.31. The smallest absolute Gasteiger partial charge is 0.0940 e. The largest absolute Gasteiger partial charge is 0.193 e. The van der Waals surface area contributed by atoms with Crippen LogP contribution in [0, 0.1) is 23.2 Å². The Balaban J connectivity index is 3.57. The first kappa shape index (κ1) is 13.2. The molecular weight excluding hydrogens is 170 g/mol. The molecule has 0 amide bonds. The summed E-state index contributed by atoms with van der Waals surface area (Å²) in [6.07, 6.45) is 7.04. The van der Waals surface area contributed by atoms with Gasteiger partial charge in [0.15, 0.2) is 0 Å². The Morgan fingerprint density at radius 1 is 1.29 bits per heavy atom. The Bertz CT molecular complexity index is 208. The molecule has 1 heteroatoms. The summed E-state index contributed by atoms with van der Waals surface area (Å²) in [6, 6.07) is 2.16. The second-order valence-corrected chi connectivity index (χ2v) is 4.66. The topological polar surface area (TPSA) is 23.8 Å². The van der Waals surface area contributed by atoms with Crippen LogP contribution in [0.15, 0.2) is 11.6 Å². The highest BCUT2D eigenvalue weighted by molar-refractivity contribution is 5.16. The molecule has 14 heavy (non-hydrogen) atoms. The Morgan fingerprint density at radius 3 is 2.43 bits per heavy atom. The number of hydrogen-bond donors (Lipinski definition) is 0. The van der Waals surface area contributed by atoms with Crippen LogP contribution >= 0.6 is 0 Å². The summed E-state index contributed by atoms with van der Waals surface area (Å²) in [5.41, 5.74) is 0.848. The molecule has 1 atom stereocenters. The number of allylic oxidation sites excluding steroid dienone is 2. The zero-order chi connectivity index (χ0) is 11.0. The van der Waals surface area contributed by atoms with Crippen LogP contribution in [0.25, 0.3) is 0 Å². The number of rotatable bonds is 6. The monoisotopic (exact) mass is 193 g/mol. The lowest BCUT2D eigenvalue weighted by Gasteiger charge is -2.09.